The first-order valence-electron chi connectivity index (χ1n) is 6.36. The van der Waals surface area contributed by atoms with E-state index in [4.69, 9.17) is 0 Å². The van der Waals surface area contributed by atoms with Crippen LogP contribution in [0.5, 0.6) is 0 Å². The van der Waals surface area contributed by atoms with Crippen molar-refractivity contribution < 1.29 is 8.42 Å². The fourth-order valence-electron chi connectivity index (χ4n) is 2.26. The van der Waals surface area contributed by atoms with Crippen LogP contribution in [0.3, 0.4) is 0 Å². The average molecular weight is 268 g/mol. The summed E-state index contributed by atoms with van der Waals surface area (Å²) in [5.41, 5.74) is 0.995. The van der Waals surface area contributed by atoms with Crippen LogP contribution >= 0.6 is 0 Å². The topological polar surface area (TPSA) is 58.2 Å². The molecular weight excluding hydrogens is 248 g/mol. The second-order valence-corrected chi connectivity index (χ2v) is 6.74. The molecule has 1 atom stereocenters. The molecule has 18 heavy (non-hydrogen) atoms. The molecule has 0 aliphatic carbocycles. The summed E-state index contributed by atoms with van der Waals surface area (Å²) in [7, 11) is -3.22. The molecular formula is C13H20N2O2S. The van der Waals surface area contributed by atoms with E-state index in [0.717, 1.165) is 18.7 Å². The highest BCUT2D eigenvalue weighted by Gasteiger charge is 2.28. The summed E-state index contributed by atoms with van der Waals surface area (Å²) in [6.45, 7) is 3.45. The Labute approximate surface area is 109 Å². The molecule has 2 rings (SSSR count). The smallest absolute Gasteiger partial charge is 0.215 e. The number of nitrogens with one attached hydrogen (secondary N) is 2. The molecule has 1 fully saturated rings. The third kappa shape index (κ3) is 3.31. The quantitative estimate of drug-likeness (QED) is 0.868. The number of hydrogen-bond acceptors (Lipinski definition) is 3. The minimum Gasteiger partial charge on any atom is -0.317 e. The van der Waals surface area contributed by atoms with Crippen LogP contribution in [-0.4, -0.2) is 26.8 Å². The first-order valence-corrected chi connectivity index (χ1v) is 7.91. The van der Waals surface area contributed by atoms with Gasteiger partial charge in [0.1, 0.15) is 0 Å². The van der Waals surface area contributed by atoms with E-state index in [1.54, 1.807) is 0 Å². The second kappa shape index (κ2) is 5.82. The molecule has 0 saturated carbocycles. The van der Waals surface area contributed by atoms with Gasteiger partial charge in [-0.3, -0.25) is 0 Å². The Balaban J connectivity index is 2.03. The SMILES string of the molecule is CC(NS(=O)(=O)C1CCNCC1)c1ccccc1. The summed E-state index contributed by atoms with van der Waals surface area (Å²) in [5, 5.41) is 2.92. The number of hydrogen-bond donors (Lipinski definition) is 2. The summed E-state index contributed by atoms with van der Waals surface area (Å²) in [6, 6.07) is 9.48. The lowest BCUT2D eigenvalue weighted by Crippen LogP contribution is -2.42. The van der Waals surface area contributed by atoms with E-state index < -0.39 is 10.0 Å². The van der Waals surface area contributed by atoms with E-state index in [9.17, 15) is 8.42 Å². The maximum Gasteiger partial charge on any atom is 0.215 e. The Hall–Kier alpha value is -0.910. The van der Waals surface area contributed by atoms with Gasteiger partial charge in [-0.25, -0.2) is 13.1 Å². The molecule has 1 aliphatic rings. The Morgan fingerprint density at radius 1 is 1.22 bits per heavy atom. The van der Waals surface area contributed by atoms with Crippen LogP contribution < -0.4 is 10.0 Å². The molecule has 100 valence electrons. The first-order chi connectivity index (χ1) is 8.59. The average Bonchev–Trinajstić information content (AvgIpc) is 2.40. The number of sulfonamides is 1. The van der Waals surface area contributed by atoms with Crippen molar-refractivity contribution in [2.45, 2.75) is 31.1 Å². The van der Waals surface area contributed by atoms with Crippen LogP contribution in [-0.2, 0) is 10.0 Å². The zero-order valence-corrected chi connectivity index (χ0v) is 11.4. The molecule has 4 nitrogen and oxygen atoms in total. The maximum atomic E-state index is 12.2. The zero-order chi connectivity index (χ0) is 13.0. The highest BCUT2D eigenvalue weighted by Crippen LogP contribution is 2.17. The minimum atomic E-state index is -3.22. The highest BCUT2D eigenvalue weighted by molar-refractivity contribution is 7.90. The largest absolute Gasteiger partial charge is 0.317 e. The van der Waals surface area contributed by atoms with E-state index in [2.05, 4.69) is 10.0 Å². The lowest BCUT2D eigenvalue weighted by molar-refractivity contribution is 0.484. The molecule has 0 amide bonds. The number of rotatable bonds is 4. The van der Waals surface area contributed by atoms with Gasteiger partial charge in [0.2, 0.25) is 10.0 Å². The Kier molecular flexibility index (Phi) is 4.37. The third-order valence-corrected chi connectivity index (χ3v) is 5.40. The lowest BCUT2D eigenvalue weighted by Gasteiger charge is -2.25. The Bertz CT molecular complexity index is 467. The van der Waals surface area contributed by atoms with Crippen LogP contribution in [0.4, 0.5) is 0 Å². The van der Waals surface area contributed by atoms with Gasteiger partial charge in [-0.05, 0) is 38.4 Å². The molecule has 5 heteroatoms. The van der Waals surface area contributed by atoms with Crippen molar-refractivity contribution >= 4 is 10.0 Å². The first kappa shape index (κ1) is 13.5. The summed E-state index contributed by atoms with van der Waals surface area (Å²) in [6.07, 6.45) is 1.38. The van der Waals surface area contributed by atoms with Crippen molar-refractivity contribution in [1.29, 1.82) is 0 Å². The van der Waals surface area contributed by atoms with Crippen molar-refractivity contribution in [3.63, 3.8) is 0 Å². The molecule has 0 aromatic heterocycles. The van der Waals surface area contributed by atoms with Gasteiger partial charge in [-0.15, -0.1) is 0 Å². The van der Waals surface area contributed by atoms with Gasteiger partial charge in [-0.2, -0.15) is 0 Å². The predicted molar refractivity (Wildman–Crippen MR) is 72.8 cm³/mol. The molecule has 1 aromatic carbocycles. The van der Waals surface area contributed by atoms with Crippen molar-refractivity contribution in [2.75, 3.05) is 13.1 Å². The molecule has 0 spiro atoms. The minimum absolute atomic E-state index is 0.175. The highest BCUT2D eigenvalue weighted by atomic mass is 32.2. The van der Waals surface area contributed by atoms with E-state index in [1.165, 1.54) is 0 Å². The van der Waals surface area contributed by atoms with Crippen molar-refractivity contribution in [1.82, 2.24) is 10.0 Å². The lowest BCUT2D eigenvalue weighted by atomic mass is 10.1. The van der Waals surface area contributed by atoms with Gasteiger partial charge in [0.15, 0.2) is 0 Å². The summed E-state index contributed by atoms with van der Waals surface area (Å²) >= 11 is 0. The van der Waals surface area contributed by atoms with E-state index >= 15 is 0 Å². The van der Waals surface area contributed by atoms with Crippen LogP contribution in [0.15, 0.2) is 30.3 Å². The summed E-state index contributed by atoms with van der Waals surface area (Å²) < 4.78 is 27.2. The van der Waals surface area contributed by atoms with Crippen molar-refractivity contribution in [3.8, 4) is 0 Å². The molecule has 1 saturated heterocycles. The van der Waals surface area contributed by atoms with Gasteiger partial charge >= 0.3 is 0 Å². The molecule has 1 aliphatic heterocycles. The van der Waals surface area contributed by atoms with E-state index in [-0.39, 0.29) is 11.3 Å². The van der Waals surface area contributed by atoms with Gasteiger partial charge in [0.25, 0.3) is 0 Å². The van der Waals surface area contributed by atoms with Crippen molar-refractivity contribution in [3.05, 3.63) is 35.9 Å². The van der Waals surface area contributed by atoms with Gasteiger partial charge < -0.3 is 5.32 Å². The number of benzene rings is 1. The van der Waals surface area contributed by atoms with Crippen LogP contribution in [0.2, 0.25) is 0 Å². The monoisotopic (exact) mass is 268 g/mol. The molecule has 2 N–H and O–H groups in total. The Morgan fingerprint density at radius 3 is 2.44 bits per heavy atom. The van der Waals surface area contributed by atoms with Gasteiger partial charge in [0, 0.05) is 6.04 Å². The molecule has 1 heterocycles. The fraction of sp³-hybridized carbons (Fsp3) is 0.538. The summed E-state index contributed by atoms with van der Waals surface area (Å²) in [5.74, 6) is 0. The second-order valence-electron chi connectivity index (χ2n) is 4.74. The standard InChI is InChI=1S/C13H20N2O2S/c1-11(12-5-3-2-4-6-12)15-18(16,17)13-7-9-14-10-8-13/h2-6,11,13-15H,7-10H2,1H3. The van der Waals surface area contributed by atoms with E-state index in [0.29, 0.717) is 12.8 Å². The molecule has 0 radical (unpaired) electrons. The fourth-order valence-corrected chi connectivity index (χ4v) is 3.94. The normalized spacial score (nSPS) is 19.6. The molecule has 1 unspecified atom stereocenters. The van der Waals surface area contributed by atoms with Crippen molar-refractivity contribution in [2.24, 2.45) is 0 Å². The van der Waals surface area contributed by atoms with Crippen LogP contribution in [0.1, 0.15) is 31.4 Å². The molecule has 0 bridgehead atoms. The third-order valence-electron chi connectivity index (χ3n) is 3.37. The predicted octanol–water partition coefficient (Wildman–Crippen LogP) is 1.42. The van der Waals surface area contributed by atoms with Gasteiger partial charge in [-0.1, -0.05) is 30.3 Å². The number of piperidine rings is 1. The summed E-state index contributed by atoms with van der Waals surface area (Å²) in [4.78, 5) is 0. The van der Waals surface area contributed by atoms with Crippen LogP contribution in [0, 0.1) is 0 Å². The maximum absolute atomic E-state index is 12.2. The van der Waals surface area contributed by atoms with Gasteiger partial charge in [0.05, 0.1) is 5.25 Å². The molecule has 1 aromatic rings. The Morgan fingerprint density at radius 2 is 1.83 bits per heavy atom. The zero-order valence-electron chi connectivity index (χ0n) is 10.6. The van der Waals surface area contributed by atoms with Crippen LogP contribution in [0.25, 0.3) is 0 Å². The van der Waals surface area contributed by atoms with E-state index in [1.807, 2.05) is 37.3 Å².